The SMILES string of the molecule is CC(C)(C)c1ccc(OCCOc2cccc(/C=C3/SC(=S)N(c4ccc([N+](=O)[O-])cc4)C3=O)c2)cc1. The normalized spacial score (nSPS) is 14.8. The highest BCUT2D eigenvalue weighted by molar-refractivity contribution is 8.27. The van der Waals surface area contributed by atoms with E-state index in [0.717, 1.165) is 11.3 Å². The number of hydrogen-bond donors (Lipinski definition) is 0. The van der Waals surface area contributed by atoms with E-state index in [1.807, 2.05) is 36.4 Å². The zero-order valence-corrected chi connectivity index (χ0v) is 22.3. The molecule has 0 aliphatic carbocycles. The second kappa shape index (κ2) is 11.1. The fourth-order valence-electron chi connectivity index (χ4n) is 3.63. The van der Waals surface area contributed by atoms with Gasteiger partial charge in [-0.2, -0.15) is 0 Å². The third-order valence-electron chi connectivity index (χ3n) is 5.61. The molecule has 9 heteroatoms. The minimum Gasteiger partial charge on any atom is -0.490 e. The van der Waals surface area contributed by atoms with Gasteiger partial charge in [0.15, 0.2) is 4.32 Å². The number of anilines is 1. The van der Waals surface area contributed by atoms with Gasteiger partial charge in [-0.15, -0.1) is 0 Å². The van der Waals surface area contributed by atoms with Crippen LogP contribution in [0.4, 0.5) is 11.4 Å². The standard InChI is InChI=1S/C28H26N2O5S2/c1-28(2,3)20-7-13-23(14-8-20)34-15-16-35-24-6-4-5-19(17-24)18-25-26(31)29(27(36)37-25)21-9-11-22(12-10-21)30(32)33/h4-14,17-18H,15-16H2,1-3H3/b25-18+. The number of nitrogens with zero attached hydrogens (tertiary/aromatic N) is 2. The third-order valence-corrected chi connectivity index (χ3v) is 6.91. The van der Waals surface area contributed by atoms with Crippen molar-refractivity contribution in [2.45, 2.75) is 26.2 Å². The zero-order valence-electron chi connectivity index (χ0n) is 20.7. The van der Waals surface area contributed by atoms with Gasteiger partial charge in [-0.3, -0.25) is 19.8 Å². The summed E-state index contributed by atoms with van der Waals surface area (Å²) < 4.78 is 12.0. The topological polar surface area (TPSA) is 81.9 Å². The summed E-state index contributed by atoms with van der Waals surface area (Å²) in [5.74, 6) is 1.17. The summed E-state index contributed by atoms with van der Waals surface area (Å²) in [6.07, 6.45) is 1.75. The highest BCUT2D eigenvalue weighted by atomic mass is 32.2. The first kappa shape index (κ1) is 26.4. The van der Waals surface area contributed by atoms with Gasteiger partial charge in [0.1, 0.15) is 24.7 Å². The molecule has 0 unspecified atom stereocenters. The molecule has 0 aromatic heterocycles. The van der Waals surface area contributed by atoms with Gasteiger partial charge in [0.25, 0.3) is 11.6 Å². The summed E-state index contributed by atoms with van der Waals surface area (Å²) in [5, 5.41) is 10.9. The predicted molar refractivity (Wildman–Crippen MR) is 151 cm³/mol. The van der Waals surface area contributed by atoms with Crippen molar-refractivity contribution in [3.05, 3.63) is 98.9 Å². The average Bonchev–Trinajstić information content (AvgIpc) is 3.14. The number of thiocarbonyl (C=S) groups is 1. The van der Waals surface area contributed by atoms with E-state index in [9.17, 15) is 14.9 Å². The number of ether oxygens (including phenoxy) is 2. The molecule has 190 valence electrons. The van der Waals surface area contributed by atoms with Gasteiger partial charge >= 0.3 is 0 Å². The number of hydrogen-bond acceptors (Lipinski definition) is 7. The Kier molecular flexibility index (Phi) is 7.94. The van der Waals surface area contributed by atoms with Crippen LogP contribution in [0.25, 0.3) is 6.08 Å². The predicted octanol–water partition coefficient (Wildman–Crippen LogP) is 6.76. The molecule has 4 rings (SSSR count). The lowest BCUT2D eigenvalue weighted by atomic mass is 9.87. The molecule has 0 radical (unpaired) electrons. The van der Waals surface area contributed by atoms with Crippen LogP contribution in [0.1, 0.15) is 31.9 Å². The summed E-state index contributed by atoms with van der Waals surface area (Å²) in [7, 11) is 0. The van der Waals surface area contributed by atoms with Gasteiger partial charge in [0, 0.05) is 12.1 Å². The highest BCUT2D eigenvalue weighted by Gasteiger charge is 2.33. The van der Waals surface area contributed by atoms with Crippen LogP contribution in [0, 0.1) is 10.1 Å². The lowest BCUT2D eigenvalue weighted by Gasteiger charge is -2.19. The second-order valence-electron chi connectivity index (χ2n) is 9.33. The molecular formula is C28H26N2O5S2. The Balaban J connectivity index is 1.35. The molecule has 0 bridgehead atoms. The number of nitro benzene ring substituents is 1. The van der Waals surface area contributed by atoms with E-state index in [2.05, 4.69) is 32.9 Å². The Bertz CT molecular complexity index is 1350. The molecule has 3 aromatic rings. The lowest BCUT2D eigenvalue weighted by Crippen LogP contribution is -2.27. The lowest BCUT2D eigenvalue weighted by molar-refractivity contribution is -0.384. The Hall–Kier alpha value is -3.69. The van der Waals surface area contributed by atoms with Crippen molar-refractivity contribution in [3.8, 4) is 11.5 Å². The highest BCUT2D eigenvalue weighted by Crippen LogP contribution is 2.36. The number of rotatable bonds is 8. The summed E-state index contributed by atoms with van der Waals surface area (Å²) in [5.41, 5.74) is 2.57. The Morgan fingerprint density at radius 3 is 2.24 bits per heavy atom. The van der Waals surface area contributed by atoms with Crippen molar-refractivity contribution in [3.63, 3.8) is 0 Å². The molecule has 0 spiro atoms. The van der Waals surface area contributed by atoms with E-state index in [-0.39, 0.29) is 17.0 Å². The molecule has 1 fully saturated rings. The maximum atomic E-state index is 13.0. The maximum absolute atomic E-state index is 13.0. The van der Waals surface area contributed by atoms with E-state index in [1.165, 1.54) is 46.5 Å². The van der Waals surface area contributed by atoms with Crippen LogP contribution in [0.15, 0.2) is 77.7 Å². The van der Waals surface area contributed by atoms with Crippen molar-refractivity contribution in [2.75, 3.05) is 18.1 Å². The monoisotopic (exact) mass is 534 g/mol. The van der Waals surface area contributed by atoms with Crippen LogP contribution < -0.4 is 14.4 Å². The molecule has 0 N–H and O–H groups in total. The maximum Gasteiger partial charge on any atom is 0.270 e. The fourth-order valence-corrected chi connectivity index (χ4v) is 4.93. The van der Waals surface area contributed by atoms with E-state index >= 15 is 0 Å². The van der Waals surface area contributed by atoms with Crippen LogP contribution in [0.5, 0.6) is 11.5 Å². The van der Waals surface area contributed by atoms with Gasteiger partial charge in [-0.05, 0) is 59.0 Å². The minimum atomic E-state index is -0.487. The van der Waals surface area contributed by atoms with Crippen LogP contribution in [0.2, 0.25) is 0 Å². The number of amides is 1. The first-order valence-corrected chi connectivity index (χ1v) is 12.8. The number of carbonyl (C=O) groups is 1. The van der Waals surface area contributed by atoms with Crippen LogP contribution in [0.3, 0.4) is 0 Å². The number of carbonyl (C=O) groups excluding carboxylic acids is 1. The van der Waals surface area contributed by atoms with E-state index in [1.54, 1.807) is 6.08 Å². The van der Waals surface area contributed by atoms with Crippen LogP contribution in [-0.2, 0) is 10.2 Å². The molecule has 7 nitrogen and oxygen atoms in total. The first-order chi connectivity index (χ1) is 17.6. The quantitative estimate of drug-likeness (QED) is 0.104. The van der Waals surface area contributed by atoms with E-state index in [0.29, 0.717) is 33.9 Å². The number of thioether (sulfide) groups is 1. The summed E-state index contributed by atoms with van der Waals surface area (Å²) >= 11 is 6.58. The third kappa shape index (κ3) is 6.55. The van der Waals surface area contributed by atoms with Crippen molar-refractivity contribution in [1.29, 1.82) is 0 Å². The fraction of sp³-hybridized carbons (Fsp3) is 0.214. The average molecular weight is 535 g/mol. The van der Waals surface area contributed by atoms with Gasteiger partial charge in [-0.1, -0.05) is 69.0 Å². The number of non-ortho nitro benzene ring substituents is 1. The molecule has 1 amide bonds. The smallest absolute Gasteiger partial charge is 0.270 e. The zero-order chi connectivity index (χ0) is 26.6. The second-order valence-corrected chi connectivity index (χ2v) is 11.0. The van der Waals surface area contributed by atoms with E-state index in [4.69, 9.17) is 21.7 Å². The minimum absolute atomic E-state index is 0.0506. The molecule has 1 aliphatic heterocycles. The molecule has 1 saturated heterocycles. The molecule has 1 aliphatic rings. The number of nitro groups is 1. The first-order valence-electron chi connectivity index (χ1n) is 11.6. The molecule has 0 saturated carbocycles. The molecule has 3 aromatic carbocycles. The Morgan fingerprint density at radius 2 is 1.62 bits per heavy atom. The molecule has 37 heavy (non-hydrogen) atoms. The Labute approximate surface area is 225 Å². The van der Waals surface area contributed by atoms with Crippen LogP contribution in [-0.4, -0.2) is 28.4 Å². The van der Waals surface area contributed by atoms with Gasteiger partial charge in [0.05, 0.1) is 15.5 Å². The van der Waals surface area contributed by atoms with Crippen molar-refractivity contribution < 1.29 is 19.2 Å². The van der Waals surface area contributed by atoms with E-state index < -0.39 is 4.92 Å². The molecule has 0 atom stereocenters. The molecule has 1 heterocycles. The summed E-state index contributed by atoms with van der Waals surface area (Å²) in [6, 6.07) is 21.2. The van der Waals surface area contributed by atoms with Crippen molar-refractivity contribution >= 4 is 51.7 Å². The number of benzene rings is 3. The van der Waals surface area contributed by atoms with Gasteiger partial charge in [0.2, 0.25) is 0 Å². The Morgan fingerprint density at radius 1 is 0.973 bits per heavy atom. The van der Waals surface area contributed by atoms with Crippen molar-refractivity contribution in [2.24, 2.45) is 0 Å². The summed E-state index contributed by atoms with van der Waals surface area (Å²) in [6.45, 7) is 7.28. The summed E-state index contributed by atoms with van der Waals surface area (Å²) in [4.78, 5) is 25.3. The van der Waals surface area contributed by atoms with Crippen molar-refractivity contribution in [1.82, 2.24) is 0 Å². The van der Waals surface area contributed by atoms with Crippen LogP contribution >= 0.6 is 24.0 Å². The molecular weight excluding hydrogens is 508 g/mol. The van der Waals surface area contributed by atoms with Gasteiger partial charge in [-0.25, -0.2) is 0 Å². The van der Waals surface area contributed by atoms with Gasteiger partial charge < -0.3 is 9.47 Å². The largest absolute Gasteiger partial charge is 0.490 e.